The van der Waals surface area contributed by atoms with E-state index in [1.54, 1.807) is 6.92 Å². The fraction of sp³-hybridized carbons (Fsp3) is 0.143. The normalized spacial score (nSPS) is 10.4. The number of carbonyl (C=O) groups excluding carboxylic acids is 1. The maximum atomic E-state index is 12.8. The van der Waals surface area contributed by atoms with Crippen LogP contribution in [0.15, 0.2) is 39.7 Å². The van der Waals surface area contributed by atoms with Gasteiger partial charge in [0, 0.05) is 11.9 Å². The Morgan fingerprint density at radius 2 is 2.00 bits per heavy atom. The largest absolute Gasteiger partial charge is 0.397 e. The van der Waals surface area contributed by atoms with E-state index < -0.39 is 5.91 Å². The summed E-state index contributed by atoms with van der Waals surface area (Å²) < 4.78 is 14.3. The minimum Gasteiger partial charge on any atom is -0.397 e. The minimum absolute atomic E-state index is 0.181. The number of amides is 1. The molecule has 0 aliphatic rings. The van der Waals surface area contributed by atoms with Crippen molar-refractivity contribution in [2.45, 2.75) is 13.5 Å². The standard InChI is InChI=1S/C14H13BrFN3O2/c1-8-11(17)6-19(14(21)13(8)15)7-12(20)18-10-4-2-9(16)3-5-10/h2-6H,7,17H2,1H3,(H,18,20). The molecule has 21 heavy (non-hydrogen) atoms. The molecule has 0 fully saturated rings. The van der Waals surface area contributed by atoms with E-state index in [1.807, 2.05) is 0 Å². The number of pyridine rings is 1. The van der Waals surface area contributed by atoms with E-state index in [4.69, 9.17) is 5.73 Å². The van der Waals surface area contributed by atoms with Crippen molar-refractivity contribution in [3.8, 4) is 0 Å². The molecule has 0 atom stereocenters. The summed E-state index contributed by atoms with van der Waals surface area (Å²) in [4.78, 5) is 23.9. The van der Waals surface area contributed by atoms with Crippen LogP contribution in [0, 0.1) is 12.7 Å². The zero-order valence-electron chi connectivity index (χ0n) is 11.2. The first-order valence-corrected chi connectivity index (χ1v) is 6.88. The molecule has 1 amide bonds. The predicted octanol–water partition coefficient (Wildman–Crippen LogP) is 2.28. The van der Waals surface area contributed by atoms with Crippen LogP contribution in [-0.4, -0.2) is 10.5 Å². The molecule has 110 valence electrons. The average Bonchev–Trinajstić information content (AvgIpc) is 2.45. The summed E-state index contributed by atoms with van der Waals surface area (Å²) in [6.07, 6.45) is 1.42. The summed E-state index contributed by atoms with van der Waals surface area (Å²) >= 11 is 3.16. The van der Waals surface area contributed by atoms with Gasteiger partial charge in [-0.15, -0.1) is 0 Å². The summed E-state index contributed by atoms with van der Waals surface area (Å²) in [6, 6.07) is 5.36. The number of anilines is 2. The third-order valence-electron chi connectivity index (χ3n) is 2.95. The van der Waals surface area contributed by atoms with Gasteiger partial charge in [0.15, 0.2) is 0 Å². The van der Waals surface area contributed by atoms with Gasteiger partial charge in [0.25, 0.3) is 5.56 Å². The molecular weight excluding hydrogens is 341 g/mol. The monoisotopic (exact) mass is 353 g/mol. The van der Waals surface area contributed by atoms with Gasteiger partial charge in [0.1, 0.15) is 12.4 Å². The van der Waals surface area contributed by atoms with Crippen LogP contribution in [0.2, 0.25) is 0 Å². The van der Waals surface area contributed by atoms with Crippen LogP contribution in [0.1, 0.15) is 5.56 Å². The Morgan fingerprint density at radius 1 is 1.38 bits per heavy atom. The third kappa shape index (κ3) is 3.49. The SMILES string of the molecule is Cc1c(N)cn(CC(=O)Nc2ccc(F)cc2)c(=O)c1Br. The molecule has 2 rings (SSSR count). The number of nitrogens with one attached hydrogen (secondary N) is 1. The van der Waals surface area contributed by atoms with Crippen LogP contribution in [0.5, 0.6) is 0 Å². The average molecular weight is 354 g/mol. The number of benzene rings is 1. The fourth-order valence-corrected chi connectivity index (χ4v) is 2.20. The molecule has 0 aliphatic heterocycles. The Labute approximate surface area is 128 Å². The van der Waals surface area contributed by atoms with Crippen molar-refractivity contribution in [1.29, 1.82) is 0 Å². The van der Waals surface area contributed by atoms with Crippen molar-refractivity contribution in [3.05, 3.63) is 56.7 Å². The molecule has 3 N–H and O–H groups in total. The number of nitrogens with zero attached hydrogens (tertiary/aromatic N) is 1. The van der Waals surface area contributed by atoms with Crippen molar-refractivity contribution in [1.82, 2.24) is 4.57 Å². The molecule has 7 heteroatoms. The maximum absolute atomic E-state index is 12.8. The van der Waals surface area contributed by atoms with E-state index in [0.29, 0.717) is 21.4 Å². The molecule has 0 spiro atoms. The minimum atomic E-state index is -0.404. The van der Waals surface area contributed by atoms with Gasteiger partial charge in [0.05, 0.1) is 10.2 Å². The van der Waals surface area contributed by atoms with Crippen LogP contribution < -0.4 is 16.6 Å². The smallest absolute Gasteiger partial charge is 0.265 e. The van der Waals surface area contributed by atoms with Gasteiger partial charge in [-0.3, -0.25) is 9.59 Å². The number of rotatable bonds is 3. The van der Waals surface area contributed by atoms with Crippen LogP contribution >= 0.6 is 15.9 Å². The predicted molar refractivity (Wildman–Crippen MR) is 82.6 cm³/mol. The lowest BCUT2D eigenvalue weighted by Crippen LogP contribution is -2.28. The zero-order valence-corrected chi connectivity index (χ0v) is 12.8. The quantitative estimate of drug-likeness (QED) is 0.888. The third-order valence-corrected chi connectivity index (χ3v) is 3.88. The Kier molecular flexibility index (Phi) is 4.42. The van der Waals surface area contributed by atoms with E-state index >= 15 is 0 Å². The number of carbonyl (C=O) groups is 1. The molecule has 0 unspecified atom stereocenters. The highest BCUT2D eigenvalue weighted by Gasteiger charge is 2.11. The molecule has 0 saturated carbocycles. The van der Waals surface area contributed by atoms with E-state index in [9.17, 15) is 14.0 Å². The zero-order chi connectivity index (χ0) is 15.6. The molecule has 0 bridgehead atoms. The molecule has 5 nitrogen and oxygen atoms in total. The second-order valence-electron chi connectivity index (χ2n) is 4.51. The Morgan fingerprint density at radius 3 is 2.62 bits per heavy atom. The van der Waals surface area contributed by atoms with Crippen molar-refractivity contribution < 1.29 is 9.18 Å². The molecule has 1 heterocycles. The van der Waals surface area contributed by atoms with E-state index in [1.165, 1.54) is 35.0 Å². The highest BCUT2D eigenvalue weighted by molar-refractivity contribution is 9.10. The highest BCUT2D eigenvalue weighted by atomic mass is 79.9. The van der Waals surface area contributed by atoms with Gasteiger partial charge >= 0.3 is 0 Å². The van der Waals surface area contributed by atoms with Gasteiger partial charge in [-0.05, 0) is 52.7 Å². The number of aromatic nitrogens is 1. The first-order valence-electron chi connectivity index (χ1n) is 6.09. The summed E-state index contributed by atoms with van der Waals surface area (Å²) in [5.74, 6) is -0.793. The summed E-state index contributed by atoms with van der Waals surface area (Å²) in [5, 5.41) is 2.58. The van der Waals surface area contributed by atoms with Crippen LogP contribution in [-0.2, 0) is 11.3 Å². The summed E-state index contributed by atoms with van der Waals surface area (Å²) in [6.45, 7) is 1.53. The van der Waals surface area contributed by atoms with Crippen molar-refractivity contribution in [2.75, 3.05) is 11.1 Å². The molecule has 0 radical (unpaired) electrons. The lowest BCUT2D eigenvalue weighted by atomic mass is 10.2. The van der Waals surface area contributed by atoms with Gasteiger partial charge in [-0.1, -0.05) is 0 Å². The highest BCUT2D eigenvalue weighted by Crippen LogP contribution is 2.17. The molecule has 1 aromatic carbocycles. The number of nitrogens with two attached hydrogens (primary N) is 1. The Balaban J connectivity index is 2.17. The van der Waals surface area contributed by atoms with Gasteiger partial charge < -0.3 is 15.6 Å². The fourth-order valence-electron chi connectivity index (χ4n) is 1.74. The molecular formula is C14H13BrFN3O2. The van der Waals surface area contributed by atoms with Crippen molar-refractivity contribution in [3.63, 3.8) is 0 Å². The van der Waals surface area contributed by atoms with Crippen molar-refractivity contribution in [2.24, 2.45) is 0 Å². The summed E-state index contributed by atoms with van der Waals surface area (Å²) in [7, 11) is 0. The number of hydrogen-bond donors (Lipinski definition) is 2. The van der Waals surface area contributed by atoms with Gasteiger partial charge in [-0.25, -0.2) is 4.39 Å². The van der Waals surface area contributed by atoms with Crippen molar-refractivity contribution >= 4 is 33.2 Å². The molecule has 2 aromatic rings. The van der Waals surface area contributed by atoms with E-state index in [0.717, 1.165) is 0 Å². The van der Waals surface area contributed by atoms with Crippen LogP contribution in [0.4, 0.5) is 15.8 Å². The van der Waals surface area contributed by atoms with Crippen LogP contribution in [0.25, 0.3) is 0 Å². The van der Waals surface area contributed by atoms with Crippen LogP contribution in [0.3, 0.4) is 0 Å². The molecule has 0 saturated heterocycles. The van der Waals surface area contributed by atoms with E-state index in [-0.39, 0.29) is 17.9 Å². The molecule has 0 aliphatic carbocycles. The second-order valence-corrected chi connectivity index (χ2v) is 5.30. The van der Waals surface area contributed by atoms with Gasteiger partial charge in [-0.2, -0.15) is 0 Å². The Bertz CT molecular complexity index is 741. The van der Waals surface area contributed by atoms with Gasteiger partial charge in [0.2, 0.25) is 5.91 Å². The summed E-state index contributed by atoms with van der Waals surface area (Å²) in [5.41, 5.74) is 6.93. The first kappa shape index (κ1) is 15.2. The number of halogens is 2. The molecule has 1 aromatic heterocycles. The topological polar surface area (TPSA) is 77.1 Å². The second kappa shape index (κ2) is 6.09. The number of nitrogen functional groups attached to an aromatic ring is 1. The lowest BCUT2D eigenvalue weighted by molar-refractivity contribution is -0.116. The maximum Gasteiger partial charge on any atom is 0.265 e. The lowest BCUT2D eigenvalue weighted by Gasteiger charge is -2.10. The first-order chi connectivity index (χ1) is 9.88. The number of hydrogen-bond acceptors (Lipinski definition) is 3. The van der Waals surface area contributed by atoms with E-state index in [2.05, 4.69) is 21.2 Å². The Hall–Kier alpha value is -2.15.